The van der Waals surface area contributed by atoms with E-state index < -0.39 is 0 Å². The van der Waals surface area contributed by atoms with Gasteiger partial charge < -0.3 is 10.2 Å². The van der Waals surface area contributed by atoms with Crippen molar-refractivity contribution in [2.45, 2.75) is 12.5 Å². The first-order valence-corrected chi connectivity index (χ1v) is 5.39. The maximum Gasteiger partial charge on any atom is 0.224 e. The number of halogens is 1. The quantitative estimate of drug-likeness (QED) is 0.777. The number of carbonyl (C=O) groups excluding carboxylic acids is 1. The van der Waals surface area contributed by atoms with E-state index in [1.165, 1.54) is 12.1 Å². The van der Waals surface area contributed by atoms with Crippen molar-refractivity contribution in [3.63, 3.8) is 0 Å². The van der Waals surface area contributed by atoms with Crippen molar-refractivity contribution in [1.29, 1.82) is 0 Å². The lowest BCUT2D eigenvalue weighted by molar-refractivity contribution is -0.129. The van der Waals surface area contributed by atoms with E-state index in [1.807, 2.05) is 0 Å². The van der Waals surface area contributed by atoms with Crippen molar-refractivity contribution >= 4 is 5.91 Å². The second-order valence-corrected chi connectivity index (χ2v) is 4.08. The van der Waals surface area contributed by atoms with Gasteiger partial charge in [-0.15, -0.1) is 0 Å². The van der Waals surface area contributed by atoms with Crippen LogP contribution in [0.1, 0.15) is 18.0 Å². The fraction of sp³-hybridized carbons (Fsp3) is 0.417. The zero-order valence-electron chi connectivity index (χ0n) is 9.24. The molecule has 1 unspecified atom stereocenters. The Morgan fingerprint density at radius 1 is 1.38 bits per heavy atom. The average molecular weight is 222 g/mol. The molecular weight excluding hydrogens is 207 g/mol. The summed E-state index contributed by atoms with van der Waals surface area (Å²) >= 11 is 0. The topological polar surface area (TPSA) is 32.3 Å². The van der Waals surface area contributed by atoms with E-state index >= 15 is 0 Å². The lowest BCUT2D eigenvalue weighted by Crippen LogP contribution is -2.27. The molecule has 1 aromatic rings. The monoisotopic (exact) mass is 222 g/mol. The summed E-state index contributed by atoms with van der Waals surface area (Å²) in [5, 5.41) is 3.29. The molecule has 1 heterocycles. The molecule has 2 rings (SSSR count). The fourth-order valence-corrected chi connectivity index (χ4v) is 1.86. The number of nitrogens with zero attached hydrogens (tertiary/aromatic N) is 1. The Labute approximate surface area is 94.3 Å². The van der Waals surface area contributed by atoms with E-state index in [2.05, 4.69) is 5.32 Å². The fourth-order valence-electron chi connectivity index (χ4n) is 1.86. The van der Waals surface area contributed by atoms with Gasteiger partial charge in [-0.25, -0.2) is 4.39 Å². The van der Waals surface area contributed by atoms with Crippen LogP contribution in [0.2, 0.25) is 0 Å². The number of nitrogens with one attached hydrogen (secondary N) is 1. The van der Waals surface area contributed by atoms with E-state index in [9.17, 15) is 9.18 Å². The third-order valence-electron chi connectivity index (χ3n) is 2.91. The normalized spacial score (nSPS) is 22.0. The minimum absolute atomic E-state index is 0.00181. The van der Waals surface area contributed by atoms with Crippen LogP contribution >= 0.6 is 0 Å². The number of amides is 1. The number of rotatable bonds is 1. The lowest BCUT2D eigenvalue weighted by atomic mass is 10.0. The summed E-state index contributed by atoms with van der Waals surface area (Å²) in [4.78, 5) is 13.4. The van der Waals surface area contributed by atoms with Gasteiger partial charge in [0.05, 0.1) is 0 Å². The summed E-state index contributed by atoms with van der Waals surface area (Å²) in [5.74, 6) is -0.125. The molecule has 16 heavy (non-hydrogen) atoms. The molecular formula is C12H15FN2O. The van der Waals surface area contributed by atoms with Crippen molar-refractivity contribution < 1.29 is 9.18 Å². The highest BCUT2D eigenvalue weighted by molar-refractivity contribution is 5.77. The molecule has 3 nitrogen and oxygen atoms in total. The largest absolute Gasteiger partial charge is 0.344 e. The Bertz CT molecular complexity index is 377. The molecule has 86 valence electrons. The molecule has 1 N–H and O–H groups in total. The van der Waals surface area contributed by atoms with Gasteiger partial charge >= 0.3 is 0 Å². The van der Waals surface area contributed by atoms with Crippen molar-refractivity contribution in [2.24, 2.45) is 0 Å². The summed E-state index contributed by atoms with van der Waals surface area (Å²) in [5.41, 5.74) is 0.963. The van der Waals surface area contributed by atoms with Crippen LogP contribution in [-0.4, -0.2) is 30.9 Å². The second kappa shape index (κ2) is 4.61. The Morgan fingerprint density at radius 3 is 2.75 bits per heavy atom. The molecule has 0 radical (unpaired) electrons. The van der Waals surface area contributed by atoms with Gasteiger partial charge in [-0.2, -0.15) is 0 Å². The van der Waals surface area contributed by atoms with Gasteiger partial charge in [-0.1, -0.05) is 12.1 Å². The Hall–Kier alpha value is -1.42. The molecule has 0 bridgehead atoms. The van der Waals surface area contributed by atoms with E-state index in [0.29, 0.717) is 6.42 Å². The first-order chi connectivity index (χ1) is 7.66. The summed E-state index contributed by atoms with van der Waals surface area (Å²) < 4.78 is 12.8. The molecule has 1 aliphatic heterocycles. The first kappa shape index (κ1) is 11.1. The van der Waals surface area contributed by atoms with Gasteiger partial charge in [-0.3, -0.25) is 4.79 Å². The zero-order chi connectivity index (χ0) is 11.5. The summed E-state index contributed by atoms with van der Waals surface area (Å²) in [6.45, 7) is 1.49. The summed E-state index contributed by atoms with van der Waals surface area (Å²) in [6, 6.07) is 6.31. The highest BCUT2D eigenvalue weighted by Crippen LogP contribution is 2.19. The maximum absolute atomic E-state index is 12.8. The molecule has 1 aromatic carbocycles. The van der Waals surface area contributed by atoms with Gasteiger partial charge in [0.25, 0.3) is 0 Å². The SMILES string of the molecule is CN1CCNC(c2ccc(F)cc2)CC1=O. The maximum atomic E-state index is 12.8. The zero-order valence-corrected chi connectivity index (χ0v) is 9.24. The average Bonchev–Trinajstić information content (AvgIpc) is 2.43. The van der Waals surface area contributed by atoms with E-state index in [-0.39, 0.29) is 17.8 Å². The molecule has 0 aromatic heterocycles. The highest BCUT2D eigenvalue weighted by Gasteiger charge is 2.21. The third kappa shape index (κ3) is 2.39. The molecule has 1 fully saturated rings. The van der Waals surface area contributed by atoms with Crippen LogP contribution in [0.3, 0.4) is 0 Å². The smallest absolute Gasteiger partial charge is 0.224 e. The van der Waals surface area contributed by atoms with Gasteiger partial charge in [-0.05, 0) is 17.7 Å². The lowest BCUT2D eigenvalue weighted by Gasteiger charge is -2.15. The minimum Gasteiger partial charge on any atom is -0.344 e. The van der Waals surface area contributed by atoms with Crippen molar-refractivity contribution in [1.82, 2.24) is 10.2 Å². The van der Waals surface area contributed by atoms with Gasteiger partial charge in [0.2, 0.25) is 5.91 Å². The predicted octanol–water partition coefficient (Wildman–Crippen LogP) is 1.32. The Balaban J connectivity index is 2.14. The number of carbonyl (C=O) groups is 1. The van der Waals surface area contributed by atoms with Crippen LogP contribution in [0.4, 0.5) is 4.39 Å². The van der Waals surface area contributed by atoms with Crippen LogP contribution in [0.25, 0.3) is 0 Å². The number of hydrogen-bond donors (Lipinski definition) is 1. The number of likely N-dealkylation sites (N-methyl/N-ethyl adjacent to an activating group) is 1. The summed E-state index contributed by atoms with van der Waals surface area (Å²) in [6.07, 6.45) is 0.433. The van der Waals surface area contributed by atoms with Crippen molar-refractivity contribution in [2.75, 3.05) is 20.1 Å². The van der Waals surface area contributed by atoms with E-state index in [1.54, 1.807) is 24.1 Å². The molecule has 0 aliphatic carbocycles. The Morgan fingerprint density at radius 2 is 2.06 bits per heavy atom. The molecule has 1 aliphatic rings. The Kier molecular flexibility index (Phi) is 3.19. The highest BCUT2D eigenvalue weighted by atomic mass is 19.1. The van der Waals surface area contributed by atoms with Crippen LogP contribution in [0, 0.1) is 5.82 Å². The van der Waals surface area contributed by atoms with E-state index in [4.69, 9.17) is 0 Å². The van der Waals surface area contributed by atoms with Crippen LogP contribution in [-0.2, 0) is 4.79 Å². The van der Waals surface area contributed by atoms with Gasteiger partial charge in [0.15, 0.2) is 0 Å². The van der Waals surface area contributed by atoms with Crippen molar-refractivity contribution in [3.05, 3.63) is 35.6 Å². The van der Waals surface area contributed by atoms with Crippen LogP contribution < -0.4 is 5.32 Å². The number of benzene rings is 1. The molecule has 1 amide bonds. The van der Waals surface area contributed by atoms with Crippen molar-refractivity contribution in [3.8, 4) is 0 Å². The molecule has 1 atom stereocenters. The molecule has 0 spiro atoms. The van der Waals surface area contributed by atoms with Gasteiger partial charge in [0, 0.05) is 32.6 Å². The third-order valence-corrected chi connectivity index (χ3v) is 2.91. The molecule has 1 saturated heterocycles. The minimum atomic E-state index is -0.249. The second-order valence-electron chi connectivity index (χ2n) is 4.08. The molecule has 4 heteroatoms. The predicted molar refractivity (Wildman–Crippen MR) is 59.4 cm³/mol. The standard InChI is InChI=1S/C12H15FN2O/c1-15-7-6-14-11(8-12(15)16)9-2-4-10(13)5-3-9/h2-5,11,14H,6-8H2,1H3. The van der Waals surface area contributed by atoms with Crippen LogP contribution in [0.5, 0.6) is 0 Å². The van der Waals surface area contributed by atoms with Gasteiger partial charge in [0.1, 0.15) is 5.82 Å². The molecule has 0 saturated carbocycles. The summed E-state index contributed by atoms with van der Waals surface area (Å²) in [7, 11) is 1.80. The number of hydrogen-bond acceptors (Lipinski definition) is 2. The van der Waals surface area contributed by atoms with Crippen LogP contribution in [0.15, 0.2) is 24.3 Å². The van der Waals surface area contributed by atoms with E-state index in [0.717, 1.165) is 18.7 Å². The first-order valence-electron chi connectivity index (χ1n) is 5.39.